The zero-order valence-corrected chi connectivity index (χ0v) is 23.9. The first-order valence-electron chi connectivity index (χ1n) is 13.5. The van der Waals surface area contributed by atoms with E-state index in [1.54, 1.807) is 54.6 Å². The minimum atomic E-state index is -0.959. The topological polar surface area (TPSA) is 96.3 Å². The number of amides is 1. The van der Waals surface area contributed by atoms with Gasteiger partial charge in [0, 0.05) is 16.8 Å². The number of rotatable bonds is 8. The Kier molecular flexibility index (Phi) is 8.24. The van der Waals surface area contributed by atoms with Gasteiger partial charge in [0.15, 0.2) is 0 Å². The predicted octanol–water partition coefficient (Wildman–Crippen LogP) is 6.75. The molecule has 1 amide bonds. The highest BCUT2D eigenvalue weighted by molar-refractivity contribution is 6.51. The summed E-state index contributed by atoms with van der Waals surface area (Å²) in [6.07, 6.45) is 0. The fourth-order valence-electron chi connectivity index (χ4n) is 4.78. The smallest absolute Gasteiger partial charge is 0.300 e. The number of aromatic hydroxyl groups is 1. The van der Waals surface area contributed by atoms with Gasteiger partial charge >= 0.3 is 0 Å². The van der Waals surface area contributed by atoms with Gasteiger partial charge in [0.2, 0.25) is 0 Å². The van der Waals surface area contributed by atoms with Gasteiger partial charge in [-0.05, 0) is 78.4 Å². The Morgan fingerprint density at radius 3 is 2.27 bits per heavy atom. The van der Waals surface area contributed by atoms with Crippen molar-refractivity contribution in [1.29, 1.82) is 0 Å². The number of nitrogens with zero attached hydrogens (tertiary/aromatic N) is 1. The van der Waals surface area contributed by atoms with Crippen LogP contribution in [0.3, 0.4) is 0 Å². The molecule has 1 aliphatic rings. The fourth-order valence-corrected chi connectivity index (χ4v) is 4.78. The van der Waals surface area contributed by atoms with E-state index in [2.05, 4.69) is 13.8 Å². The number of Topliss-reactive ketones (excluding diaryl/α,β-unsaturated/α-hetero) is 1. The average Bonchev–Trinajstić information content (AvgIpc) is 3.17. The minimum Gasteiger partial charge on any atom is -0.508 e. The Balaban J connectivity index is 1.87. The summed E-state index contributed by atoms with van der Waals surface area (Å²) in [7, 11) is 0. The van der Waals surface area contributed by atoms with Gasteiger partial charge in [-0.15, -0.1) is 0 Å². The monoisotopic (exact) mass is 543 g/mol. The van der Waals surface area contributed by atoms with Crippen LogP contribution in [0.4, 0.5) is 5.69 Å². The van der Waals surface area contributed by atoms with Crippen LogP contribution in [-0.4, -0.2) is 35.1 Å². The molecule has 1 aliphatic heterocycles. The van der Waals surface area contributed by atoms with E-state index in [1.807, 2.05) is 27.7 Å². The molecule has 210 valence electrons. The molecule has 0 aliphatic carbocycles. The van der Waals surface area contributed by atoms with Crippen molar-refractivity contribution >= 4 is 23.1 Å². The average molecular weight is 544 g/mol. The maximum absolute atomic E-state index is 13.5. The summed E-state index contributed by atoms with van der Waals surface area (Å²) in [5.41, 5.74) is 1.85. The molecule has 1 atom stereocenters. The second kappa shape index (κ2) is 11.5. The van der Waals surface area contributed by atoms with Crippen molar-refractivity contribution in [3.05, 3.63) is 89.0 Å². The van der Waals surface area contributed by atoms with Gasteiger partial charge in [-0.1, -0.05) is 46.8 Å². The van der Waals surface area contributed by atoms with Gasteiger partial charge in [0.25, 0.3) is 11.7 Å². The Labute approximate surface area is 235 Å². The van der Waals surface area contributed by atoms with E-state index in [1.165, 1.54) is 17.0 Å². The molecule has 1 heterocycles. The largest absolute Gasteiger partial charge is 0.508 e. The number of carbonyl (C=O) groups excluding carboxylic acids is 2. The van der Waals surface area contributed by atoms with Crippen LogP contribution in [0.5, 0.6) is 17.2 Å². The Hall–Kier alpha value is -4.26. The first-order valence-corrected chi connectivity index (χ1v) is 13.5. The van der Waals surface area contributed by atoms with Crippen molar-refractivity contribution in [1.82, 2.24) is 0 Å². The Bertz CT molecular complexity index is 1430. The van der Waals surface area contributed by atoms with Crippen molar-refractivity contribution in [2.24, 2.45) is 5.92 Å². The maximum Gasteiger partial charge on any atom is 0.300 e. The third kappa shape index (κ3) is 5.83. The number of hydrogen-bond donors (Lipinski definition) is 2. The molecule has 3 aromatic rings. The fraction of sp³-hybridized carbons (Fsp3) is 0.333. The zero-order valence-electron chi connectivity index (χ0n) is 23.9. The SMILES string of the molecule is CCOc1ccc(/C(O)=C2/C(=O)C(=O)N(c3ccc(OCC(C)C)cc3)C2c2cccc(O)c2)cc1C(C)(C)C. The molecule has 2 N–H and O–H groups in total. The molecule has 3 aromatic carbocycles. The summed E-state index contributed by atoms with van der Waals surface area (Å²) in [6, 6.07) is 17.6. The van der Waals surface area contributed by atoms with Crippen LogP contribution in [0, 0.1) is 5.92 Å². The number of ether oxygens (including phenoxy) is 2. The Morgan fingerprint density at radius 2 is 1.68 bits per heavy atom. The number of anilines is 1. The maximum atomic E-state index is 13.5. The van der Waals surface area contributed by atoms with E-state index in [0.29, 0.717) is 47.4 Å². The van der Waals surface area contributed by atoms with Crippen LogP contribution in [0.25, 0.3) is 5.76 Å². The third-order valence-electron chi connectivity index (χ3n) is 6.69. The zero-order chi connectivity index (χ0) is 29.2. The number of ketones is 1. The van der Waals surface area contributed by atoms with E-state index < -0.39 is 17.7 Å². The van der Waals surface area contributed by atoms with Gasteiger partial charge < -0.3 is 19.7 Å². The lowest BCUT2D eigenvalue weighted by Crippen LogP contribution is -2.29. The van der Waals surface area contributed by atoms with Gasteiger partial charge in [-0.2, -0.15) is 0 Å². The number of aliphatic hydroxyl groups is 1. The lowest BCUT2D eigenvalue weighted by Gasteiger charge is -2.26. The molecule has 4 rings (SSSR count). The van der Waals surface area contributed by atoms with E-state index in [-0.39, 0.29) is 22.5 Å². The van der Waals surface area contributed by atoms with E-state index in [0.717, 1.165) is 5.56 Å². The van der Waals surface area contributed by atoms with Crippen LogP contribution in [0.15, 0.2) is 72.3 Å². The lowest BCUT2D eigenvalue weighted by atomic mass is 9.84. The van der Waals surface area contributed by atoms with Gasteiger partial charge in [-0.25, -0.2) is 0 Å². The highest BCUT2D eigenvalue weighted by Gasteiger charge is 2.47. The highest BCUT2D eigenvalue weighted by atomic mass is 16.5. The summed E-state index contributed by atoms with van der Waals surface area (Å²) in [5, 5.41) is 21.9. The molecule has 7 nitrogen and oxygen atoms in total. The van der Waals surface area contributed by atoms with Crippen LogP contribution in [-0.2, 0) is 15.0 Å². The number of carbonyl (C=O) groups is 2. The standard InChI is InChI=1S/C33H37NO6/c1-7-39-27-16-11-22(18-26(27)33(4,5)6)30(36)28-29(21-9-8-10-24(35)17-21)34(32(38)31(28)37)23-12-14-25(15-13-23)40-19-20(2)3/h8-18,20,29,35-36H,7,19H2,1-6H3/b30-28-. The molecule has 1 unspecified atom stereocenters. The molecular weight excluding hydrogens is 506 g/mol. The van der Waals surface area contributed by atoms with Crippen molar-refractivity contribution in [3.8, 4) is 17.2 Å². The number of phenolic OH excluding ortho intramolecular Hbond substituents is 1. The lowest BCUT2D eigenvalue weighted by molar-refractivity contribution is -0.132. The van der Waals surface area contributed by atoms with Crippen molar-refractivity contribution in [2.45, 2.75) is 53.0 Å². The number of benzene rings is 3. The first-order chi connectivity index (χ1) is 18.9. The number of aliphatic hydroxyl groups excluding tert-OH is 1. The summed E-state index contributed by atoms with van der Waals surface area (Å²) >= 11 is 0. The number of hydrogen-bond acceptors (Lipinski definition) is 6. The van der Waals surface area contributed by atoms with E-state index >= 15 is 0 Å². The second-order valence-corrected chi connectivity index (χ2v) is 11.4. The van der Waals surface area contributed by atoms with Crippen LogP contribution < -0.4 is 14.4 Å². The molecular formula is C33H37NO6. The molecule has 1 saturated heterocycles. The van der Waals surface area contributed by atoms with Gasteiger partial charge in [0.05, 0.1) is 24.8 Å². The van der Waals surface area contributed by atoms with Gasteiger partial charge in [-0.3, -0.25) is 14.5 Å². The molecule has 7 heteroatoms. The number of phenols is 1. The van der Waals surface area contributed by atoms with Crippen molar-refractivity contribution in [3.63, 3.8) is 0 Å². The predicted molar refractivity (Wildman–Crippen MR) is 156 cm³/mol. The minimum absolute atomic E-state index is 0.0170. The van der Waals surface area contributed by atoms with Crippen LogP contribution >= 0.6 is 0 Å². The summed E-state index contributed by atoms with van der Waals surface area (Å²) in [6.45, 7) is 13.2. The Morgan fingerprint density at radius 1 is 0.975 bits per heavy atom. The van der Waals surface area contributed by atoms with Crippen molar-refractivity contribution in [2.75, 3.05) is 18.1 Å². The molecule has 0 saturated carbocycles. The first kappa shape index (κ1) is 28.7. The molecule has 0 radical (unpaired) electrons. The summed E-state index contributed by atoms with van der Waals surface area (Å²) < 4.78 is 11.6. The highest BCUT2D eigenvalue weighted by Crippen LogP contribution is 2.44. The molecule has 0 aromatic heterocycles. The third-order valence-corrected chi connectivity index (χ3v) is 6.69. The molecule has 1 fully saturated rings. The molecule has 0 bridgehead atoms. The van der Waals surface area contributed by atoms with E-state index in [4.69, 9.17) is 9.47 Å². The van der Waals surface area contributed by atoms with Crippen molar-refractivity contribution < 1.29 is 29.3 Å². The molecule has 40 heavy (non-hydrogen) atoms. The van der Waals surface area contributed by atoms with Crippen LogP contribution in [0.1, 0.15) is 64.3 Å². The molecule has 0 spiro atoms. The summed E-state index contributed by atoms with van der Waals surface area (Å²) in [4.78, 5) is 28.4. The normalized spacial score (nSPS) is 17.0. The van der Waals surface area contributed by atoms with E-state index in [9.17, 15) is 19.8 Å². The van der Waals surface area contributed by atoms with Crippen LogP contribution in [0.2, 0.25) is 0 Å². The second-order valence-electron chi connectivity index (χ2n) is 11.4. The summed E-state index contributed by atoms with van der Waals surface area (Å²) in [5.74, 6) is -0.200. The quantitative estimate of drug-likeness (QED) is 0.185. The van der Waals surface area contributed by atoms with Gasteiger partial charge in [0.1, 0.15) is 23.0 Å².